The number of thiazole rings is 1. The summed E-state index contributed by atoms with van der Waals surface area (Å²) < 4.78 is 12.1. The number of carboxylic acid groups (broad SMARTS) is 1. The molecule has 0 saturated carbocycles. The fraction of sp³-hybridized carbons (Fsp3) is 0.217. The quantitative estimate of drug-likeness (QED) is 0.0609. The van der Waals surface area contributed by atoms with Crippen LogP contribution in [0.2, 0.25) is 0 Å². The van der Waals surface area contributed by atoms with Crippen molar-refractivity contribution in [1.82, 2.24) is 15.2 Å². The van der Waals surface area contributed by atoms with Crippen molar-refractivity contribution >= 4 is 84.9 Å². The molecule has 0 aliphatic carbocycles. The summed E-state index contributed by atoms with van der Waals surface area (Å²) in [4.78, 5) is 55.5. The number of carbonyl (C=O) groups is 3. The van der Waals surface area contributed by atoms with Crippen LogP contribution in [0.25, 0.3) is 10.1 Å². The maximum atomic E-state index is 13.0. The molecule has 3 aromatic rings. The number of aromatic nitrogens is 1. The molecule has 3 aliphatic heterocycles. The molecule has 0 bridgehead atoms. The van der Waals surface area contributed by atoms with E-state index in [1.165, 1.54) is 46.3 Å². The van der Waals surface area contributed by atoms with Crippen molar-refractivity contribution in [3.8, 4) is 11.5 Å². The molecular formula is C23H16N5NaO8S4. The van der Waals surface area contributed by atoms with Crippen LogP contribution in [-0.2, 0) is 14.4 Å². The Bertz CT molecular complexity index is 1720. The maximum Gasteiger partial charge on any atom is 1.00 e. The molecule has 1 saturated heterocycles. The van der Waals surface area contributed by atoms with Gasteiger partial charge in [0, 0.05) is 39.1 Å². The number of nitrogen functional groups attached to an aromatic ring is 1. The number of nitrogens with zero attached hydrogens (tertiary/aromatic N) is 3. The van der Waals surface area contributed by atoms with Crippen LogP contribution < -0.4 is 60.6 Å². The zero-order valence-corrected chi connectivity index (χ0v) is 26.2. The molecule has 3 aliphatic rings. The second-order valence-corrected chi connectivity index (χ2v) is 12.9. The zero-order valence-electron chi connectivity index (χ0n) is 20.9. The molecule has 5 heterocycles. The standard InChI is InChI=1S/C23H17N5O8S4.Na/c24-23-25-10(6-39-23)16(27-34)19(30)26-17-20(31)28-18(22(32)33)8(5-38-21(17)28)4-37-15-2-11(29)9-1-12-13(36-7-35-12)3-14(9)40-15;/h1-3,6,17,21,34H,4-5,7H2,(H2,24,25)(H,26,30)(H,32,33);/q;+1/p-1/b27-16-;/t17-,21-;/m1./s1. The number of fused-ring (bicyclic) bond motifs is 3. The van der Waals surface area contributed by atoms with Crippen molar-refractivity contribution in [1.29, 1.82) is 0 Å². The number of ether oxygens (including phenoxy) is 2. The Morgan fingerprint density at radius 3 is 2.71 bits per heavy atom. The number of thioether (sulfide) groups is 2. The average molecular weight is 642 g/mol. The van der Waals surface area contributed by atoms with Gasteiger partial charge >= 0.3 is 29.6 Å². The molecule has 0 spiro atoms. The average Bonchev–Trinajstić information content (AvgIpc) is 3.57. The Balaban J connectivity index is 0.00000337. The largest absolute Gasteiger partial charge is 1.00 e. The first-order valence-corrected chi connectivity index (χ1v) is 15.1. The monoisotopic (exact) mass is 641 g/mol. The Morgan fingerprint density at radius 1 is 1.27 bits per heavy atom. The number of amides is 2. The number of β-lactam (4-membered cyclic amide) rings is 1. The molecule has 206 valence electrons. The molecule has 4 N–H and O–H groups in total. The summed E-state index contributed by atoms with van der Waals surface area (Å²) in [5, 5.41) is 28.3. The molecule has 1 fully saturated rings. The van der Waals surface area contributed by atoms with E-state index in [-0.39, 0.29) is 69.8 Å². The molecule has 1 aromatic carbocycles. The summed E-state index contributed by atoms with van der Waals surface area (Å²) in [6, 6.07) is 3.82. The van der Waals surface area contributed by atoms with Gasteiger partial charge in [-0.05, 0) is 11.6 Å². The van der Waals surface area contributed by atoms with Crippen molar-refractivity contribution < 1.29 is 63.7 Å². The van der Waals surface area contributed by atoms with Crippen LogP contribution in [0.15, 0.2) is 49.0 Å². The number of benzene rings is 1. The minimum atomic E-state index is -1.52. The summed E-state index contributed by atoms with van der Waals surface area (Å²) in [5.74, 6) is -1.52. The van der Waals surface area contributed by atoms with Gasteiger partial charge in [-0.15, -0.1) is 46.2 Å². The third-order valence-electron chi connectivity index (χ3n) is 6.20. The van der Waals surface area contributed by atoms with Crippen molar-refractivity contribution in [2.75, 3.05) is 24.0 Å². The predicted octanol–water partition coefficient (Wildman–Crippen LogP) is -2.59. The van der Waals surface area contributed by atoms with Crippen LogP contribution in [0.3, 0.4) is 0 Å². The molecule has 18 heteroatoms. The summed E-state index contributed by atoms with van der Waals surface area (Å²) >= 11 is 4.95. The summed E-state index contributed by atoms with van der Waals surface area (Å²) in [6.07, 6.45) is 0. The molecular weight excluding hydrogens is 626 g/mol. The van der Waals surface area contributed by atoms with Gasteiger partial charge in [0.15, 0.2) is 27.8 Å². The topological polar surface area (TPSA) is 197 Å². The number of anilines is 1. The normalized spacial score (nSPS) is 19.5. The van der Waals surface area contributed by atoms with E-state index in [0.29, 0.717) is 31.4 Å². The zero-order chi connectivity index (χ0) is 28.1. The van der Waals surface area contributed by atoms with E-state index in [2.05, 4.69) is 15.5 Å². The second kappa shape index (κ2) is 11.8. The SMILES string of the molecule is Nc1nc(/C(=N/O)C(=O)N[C@@H]2C(=O)N3C(C(=O)[O-])=C(CSc4cc(=O)c5cc6c(cc5s4)OCO6)CS[C@H]23)cs1.[Na+]. The number of carbonyl (C=O) groups excluding carboxylic acids is 3. The van der Waals surface area contributed by atoms with Crippen LogP contribution in [0.5, 0.6) is 11.5 Å². The molecule has 0 radical (unpaired) electrons. The molecule has 6 rings (SSSR count). The Morgan fingerprint density at radius 2 is 2.02 bits per heavy atom. The first-order valence-electron chi connectivity index (χ1n) is 11.4. The van der Waals surface area contributed by atoms with Crippen LogP contribution in [0.4, 0.5) is 5.13 Å². The van der Waals surface area contributed by atoms with E-state index in [1.54, 1.807) is 12.1 Å². The van der Waals surface area contributed by atoms with Gasteiger partial charge in [-0.25, -0.2) is 4.98 Å². The number of oxime groups is 1. The van der Waals surface area contributed by atoms with Crippen LogP contribution in [0.1, 0.15) is 5.69 Å². The van der Waals surface area contributed by atoms with Crippen molar-refractivity contribution in [2.45, 2.75) is 15.6 Å². The number of hydrogen-bond donors (Lipinski definition) is 3. The van der Waals surface area contributed by atoms with Crippen molar-refractivity contribution in [3.63, 3.8) is 0 Å². The van der Waals surface area contributed by atoms with E-state index < -0.39 is 34.9 Å². The first-order chi connectivity index (χ1) is 19.2. The molecule has 0 unspecified atom stereocenters. The van der Waals surface area contributed by atoms with E-state index >= 15 is 0 Å². The summed E-state index contributed by atoms with van der Waals surface area (Å²) in [5.41, 5.74) is 5.17. The minimum Gasteiger partial charge on any atom is -0.543 e. The van der Waals surface area contributed by atoms with Gasteiger partial charge in [0.1, 0.15) is 17.1 Å². The van der Waals surface area contributed by atoms with Crippen LogP contribution in [0, 0.1) is 0 Å². The van der Waals surface area contributed by atoms with E-state index in [4.69, 9.17) is 15.2 Å². The van der Waals surface area contributed by atoms with Gasteiger partial charge in [-0.1, -0.05) is 5.16 Å². The predicted molar refractivity (Wildman–Crippen MR) is 147 cm³/mol. The van der Waals surface area contributed by atoms with Gasteiger partial charge in [-0.3, -0.25) is 19.3 Å². The number of rotatable bonds is 7. The Labute approximate surface area is 269 Å². The van der Waals surface area contributed by atoms with Crippen LogP contribution in [-0.4, -0.2) is 68.3 Å². The second-order valence-electron chi connectivity index (χ2n) is 8.54. The molecule has 2 aromatic heterocycles. The number of nitrogens with one attached hydrogen (secondary N) is 1. The molecule has 2 amide bonds. The van der Waals surface area contributed by atoms with Gasteiger partial charge in [0.25, 0.3) is 11.8 Å². The number of nitrogens with two attached hydrogens (primary N) is 1. The fourth-order valence-corrected chi connectivity index (χ4v) is 8.62. The molecule has 2 atom stereocenters. The third-order valence-corrected chi connectivity index (χ3v) is 10.6. The summed E-state index contributed by atoms with van der Waals surface area (Å²) in [7, 11) is 0. The van der Waals surface area contributed by atoms with Crippen molar-refractivity contribution in [3.05, 3.63) is 50.8 Å². The van der Waals surface area contributed by atoms with Crippen LogP contribution >= 0.6 is 46.2 Å². The maximum absolute atomic E-state index is 13.0. The van der Waals surface area contributed by atoms with E-state index in [9.17, 15) is 29.5 Å². The smallest absolute Gasteiger partial charge is 0.543 e. The molecule has 41 heavy (non-hydrogen) atoms. The minimum absolute atomic E-state index is 0. The Hall–Kier alpha value is -2.80. The molecule has 13 nitrogen and oxygen atoms in total. The van der Waals surface area contributed by atoms with Gasteiger partial charge < -0.3 is 35.6 Å². The van der Waals surface area contributed by atoms with E-state index in [0.717, 1.165) is 16.2 Å². The van der Waals surface area contributed by atoms with E-state index in [1.807, 2.05) is 0 Å². The van der Waals surface area contributed by atoms with Gasteiger partial charge in [0.05, 0.1) is 15.9 Å². The Kier molecular flexibility index (Phi) is 8.56. The fourth-order valence-electron chi connectivity index (χ4n) is 4.35. The number of aliphatic carboxylic acids is 1. The van der Waals surface area contributed by atoms with Crippen molar-refractivity contribution in [2.24, 2.45) is 5.16 Å². The third kappa shape index (κ3) is 5.42. The summed E-state index contributed by atoms with van der Waals surface area (Å²) in [6.45, 7) is 0.0851. The van der Waals surface area contributed by atoms with Gasteiger partial charge in [-0.2, -0.15) is 0 Å². The number of carboxylic acids is 1. The first kappa shape index (κ1) is 29.7. The van der Waals surface area contributed by atoms with Gasteiger partial charge in [0.2, 0.25) is 6.79 Å². The number of hydrogen-bond acceptors (Lipinski definition) is 15.